The van der Waals surface area contributed by atoms with Crippen molar-refractivity contribution in [1.82, 2.24) is 0 Å². The van der Waals surface area contributed by atoms with Crippen LogP contribution in [-0.4, -0.2) is 37.5 Å². The highest BCUT2D eigenvalue weighted by molar-refractivity contribution is 7.98. The largest absolute Gasteiger partial charge is 0.426 e. The van der Waals surface area contributed by atoms with Gasteiger partial charge in [0.25, 0.3) is 5.91 Å². The van der Waals surface area contributed by atoms with E-state index in [1.807, 2.05) is 5.32 Å². The molecule has 0 unspecified atom stereocenters. The predicted octanol–water partition coefficient (Wildman–Crippen LogP) is 4.80. The number of thioether (sulfide) groups is 1. The lowest BCUT2D eigenvalue weighted by atomic mass is 10.1. The molecule has 2 aromatic rings. The van der Waals surface area contributed by atoms with E-state index in [1.54, 1.807) is 6.26 Å². The van der Waals surface area contributed by atoms with Crippen LogP contribution in [0.2, 0.25) is 10.0 Å². The number of halogens is 5. The molecule has 5 nitrogen and oxygen atoms in total. The molecule has 2 N–H and O–H groups in total. The van der Waals surface area contributed by atoms with Gasteiger partial charge in [-0.3, -0.25) is 4.79 Å². The fraction of sp³-hybridized carbons (Fsp3) is 0.235. The van der Waals surface area contributed by atoms with E-state index in [9.17, 15) is 31.5 Å². The van der Waals surface area contributed by atoms with Crippen LogP contribution in [0.5, 0.6) is 0 Å². The van der Waals surface area contributed by atoms with Gasteiger partial charge in [0.05, 0.1) is 25.5 Å². The lowest BCUT2D eigenvalue weighted by Crippen LogP contribution is -2.52. The Morgan fingerprint density at radius 3 is 2.03 bits per heavy atom. The van der Waals surface area contributed by atoms with Crippen molar-refractivity contribution >= 4 is 56.4 Å². The van der Waals surface area contributed by atoms with Crippen molar-refractivity contribution in [2.75, 3.05) is 11.6 Å². The second-order valence-corrected chi connectivity index (χ2v) is 9.58. The lowest BCUT2D eigenvalue weighted by Gasteiger charge is -2.25. The number of alkyl halides is 3. The number of rotatable bonds is 5. The molecule has 0 saturated carbocycles. The summed E-state index contributed by atoms with van der Waals surface area (Å²) in [4.78, 5) is 12.1. The molecule has 29 heavy (non-hydrogen) atoms. The normalized spacial score (nSPS) is 14.3. The van der Waals surface area contributed by atoms with E-state index < -0.39 is 27.5 Å². The van der Waals surface area contributed by atoms with Crippen molar-refractivity contribution in [3.63, 3.8) is 0 Å². The third-order valence-electron chi connectivity index (χ3n) is 3.93. The van der Waals surface area contributed by atoms with E-state index in [2.05, 4.69) is 0 Å². The minimum atomic E-state index is -5.21. The Kier molecular flexibility index (Phi) is 6.86. The molecule has 0 fully saturated rings. The van der Waals surface area contributed by atoms with Crippen LogP contribution >= 0.6 is 35.0 Å². The number of amides is 1. The van der Waals surface area contributed by atoms with Gasteiger partial charge in [0, 0.05) is 4.90 Å². The van der Waals surface area contributed by atoms with Crippen molar-refractivity contribution in [2.45, 2.75) is 33.4 Å². The van der Waals surface area contributed by atoms with Crippen LogP contribution in [0.15, 0.2) is 51.1 Å². The van der Waals surface area contributed by atoms with E-state index in [4.69, 9.17) is 23.2 Å². The van der Waals surface area contributed by atoms with E-state index in [1.165, 1.54) is 30.0 Å². The second-order valence-electron chi connectivity index (χ2n) is 5.97. The minimum absolute atomic E-state index is 0.104. The molecule has 1 atom stereocenters. The van der Waals surface area contributed by atoms with Crippen molar-refractivity contribution in [1.29, 1.82) is 0 Å². The van der Waals surface area contributed by atoms with E-state index in [-0.39, 0.29) is 32.4 Å². The second kappa shape index (κ2) is 8.35. The monoisotopic (exact) mass is 487 g/mol. The van der Waals surface area contributed by atoms with Crippen molar-refractivity contribution in [2.24, 2.45) is 0 Å². The van der Waals surface area contributed by atoms with Crippen LogP contribution in [0, 0.1) is 0 Å². The van der Waals surface area contributed by atoms with Crippen LogP contribution < -0.4 is 5.32 Å². The molecule has 0 heterocycles. The first-order chi connectivity index (χ1) is 13.2. The zero-order valence-electron chi connectivity index (χ0n) is 14.8. The Morgan fingerprint density at radius 1 is 1.07 bits per heavy atom. The van der Waals surface area contributed by atoms with Crippen molar-refractivity contribution in [3.05, 3.63) is 46.4 Å². The molecule has 0 aromatic heterocycles. The highest BCUT2D eigenvalue weighted by Crippen LogP contribution is 2.34. The molecule has 12 heteroatoms. The highest BCUT2D eigenvalue weighted by Gasteiger charge is 2.55. The number of carbonyl (C=O) groups excluding carboxylic acids is 1. The number of benzene rings is 2. The average Bonchev–Trinajstić information content (AvgIpc) is 2.62. The van der Waals surface area contributed by atoms with Crippen molar-refractivity contribution in [3.8, 4) is 0 Å². The summed E-state index contributed by atoms with van der Waals surface area (Å²) < 4.78 is 63.8. The summed E-state index contributed by atoms with van der Waals surface area (Å²) in [5, 5.41) is 11.1. The SMILES string of the molecule is CSc1ccc(S(=O)(=O)c2ccc(NC(=O)[C@@](C)(O)C(F)(F)F)c(Cl)c2)cc1Cl. The van der Waals surface area contributed by atoms with E-state index >= 15 is 0 Å². The molecule has 0 saturated heterocycles. The zero-order valence-corrected chi connectivity index (χ0v) is 18.0. The Labute approximate surface area is 179 Å². The van der Waals surface area contributed by atoms with Gasteiger partial charge in [-0.15, -0.1) is 11.8 Å². The summed E-state index contributed by atoms with van der Waals surface area (Å²) in [6, 6.07) is 7.23. The molecule has 0 aliphatic rings. The summed E-state index contributed by atoms with van der Waals surface area (Å²) >= 11 is 13.3. The summed E-state index contributed by atoms with van der Waals surface area (Å²) in [6.07, 6.45) is -3.44. The number of anilines is 1. The number of sulfone groups is 1. The summed E-state index contributed by atoms with van der Waals surface area (Å²) in [7, 11) is -4.03. The van der Waals surface area contributed by atoms with Gasteiger partial charge in [-0.05, 0) is 49.6 Å². The highest BCUT2D eigenvalue weighted by atomic mass is 35.5. The van der Waals surface area contributed by atoms with Crippen LogP contribution in [0.3, 0.4) is 0 Å². The van der Waals surface area contributed by atoms with Gasteiger partial charge in [0.15, 0.2) is 0 Å². The molecule has 1 amide bonds. The Balaban J connectivity index is 2.36. The van der Waals surface area contributed by atoms with Gasteiger partial charge in [0.1, 0.15) is 0 Å². The third kappa shape index (κ3) is 4.83. The van der Waals surface area contributed by atoms with Crippen LogP contribution in [0.4, 0.5) is 18.9 Å². The summed E-state index contributed by atoms with van der Waals surface area (Å²) in [5.74, 6) is -1.76. The standard InChI is InChI=1S/C17H14Cl2F3NO4S2/c1-16(25,17(20,21)22)15(24)23-13-5-3-9(7-11(13)18)29(26,27)10-4-6-14(28-2)12(19)8-10/h3-8,25H,1-2H3,(H,23,24)/t16-/m1/s1. The number of carbonyl (C=O) groups is 1. The maximum Gasteiger partial charge on any atom is 0.426 e. The topological polar surface area (TPSA) is 83.5 Å². The molecular formula is C17H14Cl2F3NO4S2. The molecule has 2 aromatic carbocycles. The van der Waals surface area contributed by atoms with Crippen LogP contribution in [-0.2, 0) is 14.6 Å². The maximum atomic E-state index is 12.8. The van der Waals surface area contributed by atoms with Gasteiger partial charge in [-0.1, -0.05) is 23.2 Å². The first-order valence-corrected chi connectivity index (χ1v) is 11.2. The zero-order chi connectivity index (χ0) is 22.2. The first kappa shape index (κ1) is 23.8. The number of nitrogens with one attached hydrogen (secondary N) is 1. The van der Waals surface area contributed by atoms with Crippen LogP contribution in [0.1, 0.15) is 6.92 Å². The minimum Gasteiger partial charge on any atom is -0.373 e. The Bertz CT molecular complexity index is 1060. The maximum absolute atomic E-state index is 12.8. The number of hydrogen-bond acceptors (Lipinski definition) is 5. The van der Waals surface area contributed by atoms with Gasteiger partial charge in [-0.25, -0.2) is 8.42 Å². The quantitative estimate of drug-likeness (QED) is 0.591. The van der Waals surface area contributed by atoms with E-state index in [0.717, 1.165) is 18.2 Å². The summed E-state index contributed by atoms with van der Waals surface area (Å²) in [6.45, 7) is 0.289. The molecule has 0 aliphatic heterocycles. The third-order valence-corrected chi connectivity index (χ3v) is 7.21. The molecular weight excluding hydrogens is 474 g/mol. The predicted molar refractivity (Wildman–Crippen MR) is 105 cm³/mol. The summed E-state index contributed by atoms with van der Waals surface area (Å²) in [5.41, 5.74) is -3.95. The Morgan fingerprint density at radius 2 is 1.59 bits per heavy atom. The fourth-order valence-electron chi connectivity index (χ4n) is 2.09. The molecule has 158 valence electrons. The number of aliphatic hydroxyl groups is 1. The van der Waals surface area contributed by atoms with E-state index in [0.29, 0.717) is 4.90 Å². The molecule has 0 spiro atoms. The average molecular weight is 488 g/mol. The van der Waals surface area contributed by atoms with Gasteiger partial charge in [-0.2, -0.15) is 13.2 Å². The Hall–Kier alpha value is -1.46. The molecule has 0 bridgehead atoms. The van der Waals surface area contributed by atoms with Crippen molar-refractivity contribution < 1.29 is 31.5 Å². The lowest BCUT2D eigenvalue weighted by molar-refractivity contribution is -0.242. The molecule has 0 aliphatic carbocycles. The van der Waals surface area contributed by atoms with Gasteiger partial charge in [0.2, 0.25) is 15.4 Å². The van der Waals surface area contributed by atoms with Gasteiger partial charge < -0.3 is 10.4 Å². The fourth-order valence-corrected chi connectivity index (χ4v) is 4.63. The molecule has 0 radical (unpaired) electrons. The molecule has 2 rings (SSSR count). The smallest absolute Gasteiger partial charge is 0.373 e. The first-order valence-electron chi connectivity index (χ1n) is 7.70. The van der Waals surface area contributed by atoms with Gasteiger partial charge >= 0.3 is 6.18 Å². The number of hydrogen-bond donors (Lipinski definition) is 2. The van der Waals surface area contributed by atoms with Crippen LogP contribution in [0.25, 0.3) is 0 Å².